The van der Waals surface area contributed by atoms with Gasteiger partial charge in [-0.1, -0.05) is 375 Å². The van der Waals surface area contributed by atoms with Gasteiger partial charge in [-0.05, 0) is 37.5 Å². The van der Waals surface area contributed by atoms with Crippen molar-refractivity contribution >= 4 is 39.5 Å². The highest BCUT2D eigenvalue weighted by molar-refractivity contribution is 7.47. The summed E-state index contributed by atoms with van der Waals surface area (Å²) < 4.78 is 68.7. The van der Waals surface area contributed by atoms with E-state index in [-0.39, 0.29) is 25.7 Å². The minimum absolute atomic E-state index is 0.108. The van der Waals surface area contributed by atoms with Gasteiger partial charge in [-0.25, -0.2) is 9.13 Å². The van der Waals surface area contributed by atoms with E-state index in [1.165, 1.54) is 244 Å². The van der Waals surface area contributed by atoms with Crippen LogP contribution in [0, 0.1) is 11.8 Å². The van der Waals surface area contributed by atoms with Crippen LogP contribution in [0.2, 0.25) is 0 Å². The van der Waals surface area contributed by atoms with E-state index in [4.69, 9.17) is 37.0 Å². The van der Waals surface area contributed by atoms with Crippen LogP contribution in [0.25, 0.3) is 0 Å². The Labute approximate surface area is 613 Å². The largest absolute Gasteiger partial charge is 0.472 e. The molecule has 0 heterocycles. The van der Waals surface area contributed by atoms with E-state index in [1.54, 1.807) is 0 Å². The average Bonchev–Trinajstić information content (AvgIpc) is 1.03. The Morgan fingerprint density at radius 1 is 0.270 bits per heavy atom. The third-order valence-electron chi connectivity index (χ3n) is 19.0. The van der Waals surface area contributed by atoms with Gasteiger partial charge in [-0.15, -0.1) is 0 Å². The van der Waals surface area contributed by atoms with E-state index in [1.807, 2.05) is 0 Å². The second kappa shape index (κ2) is 72.6. The van der Waals surface area contributed by atoms with Crippen molar-refractivity contribution in [3.63, 3.8) is 0 Å². The van der Waals surface area contributed by atoms with Crippen LogP contribution in [0.15, 0.2) is 0 Å². The predicted molar refractivity (Wildman–Crippen MR) is 409 cm³/mol. The lowest BCUT2D eigenvalue weighted by Crippen LogP contribution is -2.30. The molecular weight excluding hydrogens is 1310 g/mol. The molecule has 0 radical (unpaired) electrons. The van der Waals surface area contributed by atoms with Gasteiger partial charge in [0, 0.05) is 25.7 Å². The first-order valence-electron chi connectivity index (χ1n) is 42.0. The van der Waals surface area contributed by atoms with Crippen molar-refractivity contribution in [3.8, 4) is 0 Å². The lowest BCUT2D eigenvalue weighted by Gasteiger charge is -2.21. The Morgan fingerprint density at radius 3 is 0.680 bits per heavy atom. The molecular formula is C81H158O17P2. The standard InChI is InChI=1S/C81H158O17P2/c1-7-9-11-13-15-17-18-19-20-24-29-35-41-47-53-59-65-80(85)97-76(69-91-78(83)63-57-51-45-37-16-14-12-10-8-2)71-95-99(87,88)93-67-75(82)68-94-100(89,90)96-72-77(70-92-79(84)64-58-52-46-40-34-31-26-28-33-39-44-50-56-62-74(5)6)98-81(86)66-60-54-48-42-36-30-25-22-21-23-27-32-38-43-49-55-61-73(3)4/h73-77,82H,7-72H2,1-6H3,(H,87,88)(H,89,90)/t75-,76+,77+/m0/s1. The number of aliphatic hydroxyl groups excluding tert-OH is 1. The van der Waals surface area contributed by atoms with Crippen LogP contribution >= 0.6 is 15.6 Å². The third-order valence-corrected chi connectivity index (χ3v) is 20.9. The lowest BCUT2D eigenvalue weighted by molar-refractivity contribution is -0.161. The van der Waals surface area contributed by atoms with Crippen LogP contribution < -0.4 is 0 Å². The molecule has 0 aromatic carbocycles. The van der Waals surface area contributed by atoms with Crippen LogP contribution in [-0.4, -0.2) is 96.7 Å². The van der Waals surface area contributed by atoms with Crippen LogP contribution in [0.4, 0.5) is 0 Å². The van der Waals surface area contributed by atoms with Crippen molar-refractivity contribution in [2.45, 2.75) is 445 Å². The fourth-order valence-corrected chi connectivity index (χ4v) is 14.1. The molecule has 0 bridgehead atoms. The van der Waals surface area contributed by atoms with Crippen molar-refractivity contribution in [1.82, 2.24) is 0 Å². The predicted octanol–water partition coefficient (Wildman–Crippen LogP) is 24.3. The molecule has 0 amide bonds. The molecule has 3 N–H and O–H groups in total. The van der Waals surface area contributed by atoms with Gasteiger partial charge in [0.15, 0.2) is 12.2 Å². The summed E-state index contributed by atoms with van der Waals surface area (Å²) in [4.78, 5) is 73.0. The van der Waals surface area contributed by atoms with Crippen molar-refractivity contribution in [3.05, 3.63) is 0 Å². The molecule has 0 saturated carbocycles. The fourth-order valence-electron chi connectivity index (χ4n) is 12.5. The maximum absolute atomic E-state index is 13.1. The minimum atomic E-state index is -4.96. The molecule has 0 aliphatic rings. The van der Waals surface area contributed by atoms with Crippen LogP contribution in [0.5, 0.6) is 0 Å². The molecule has 0 aromatic heterocycles. The zero-order valence-electron chi connectivity index (χ0n) is 65.5. The van der Waals surface area contributed by atoms with E-state index >= 15 is 0 Å². The van der Waals surface area contributed by atoms with Gasteiger partial charge in [0.2, 0.25) is 0 Å². The topological polar surface area (TPSA) is 237 Å². The zero-order valence-corrected chi connectivity index (χ0v) is 67.3. The first-order chi connectivity index (χ1) is 48.4. The summed E-state index contributed by atoms with van der Waals surface area (Å²) in [5.74, 6) is -0.508. The van der Waals surface area contributed by atoms with Gasteiger partial charge >= 0.3 is 39.5 Å². The van der Waals surface area contributed by atoms with E-state index in [9.17, 15) is 43.2 Å². The molecule has 594 valence electrons. The maximum atomic E-state index is 13.1. The fraction of sp³-hybridized carbons (Fsp3) is 0.951. The Hall–Kier alpha value is -1.94. The molecule has 0 fully saturated rings. The number of phosphoric acid groups is 2. The molecule has 0 aliphatic carbocycles. The Balaban J connectivity index is 5.22. The molecule has 2 unspecified atom stereocenters. The van der Waals surface area contributed by atoms with Crippen molar-refractivity contribution < 1.29 is 80.2 Å². The molecule has 17 nitrogen and oxygen atoms in total. The zero-order chi connectivity index (χ0) is 73.5. The van der Waals surface area contributed by atoms with E-state index in [0.29, 0.717) is 25.7 Å². The van der Waals surface area contributed by atoms with Gasteiger partial charge in [0.1, 0.15) is 19.3 Å². The molecule has 0 spiro atoms. The number of carbonyl (C=O) groups excluding carboxylic acids is 4. The number of hydrogen-bond acceptors (Lipinski definition) is 15. The summed E-state index contributed by atoms with van der Waals surface area (Å²) in [6.45, 7) is 9.67. The normalized spacial score (nSPS) is 13.9. The first kappa shape index (κ1) is 98.1. The smallest absolute Gasteiger partial charge is 0.462 e. The summed E-state index contributed by atoms with van der Waals surface area (Å²) in [7, 11) is -9.92. The number of unbranched alkanes of at least 4 members (excludes halogenated alkanes) is 50. The van der Waals surface area contributed by atoms with E-state index in [0.717, 1.165) is 102 Å². The highest BCUT2D eigenvalue weighted by Gasteiger charge is 2.30. The number of aliphatic hydroxyl groups is 1. The van der Waals surface area contributed by atoms with Gasteiger partial charge in [0.25, 0.3) is 0 Å². The monoisotopic (exact) mass is 1470 g/mol. The minimum Gasteiger partial charge on any atom is -0.462 e. The second-order valence-electron chi connectivity index (χ2n) is 30.1. The van der Waals surface area contributed by atoms with Crippen LogP contribution in [0.3, 0.4) is 0 Å². The second-order valence-corrected chi connectivity index (χ2v) is 33.0. The van der Waals surface area contributed by atoms with Gasteiger partial charge in [0.05, 0.1) is 26.4 Å². The Kier molecular flexibility index (Phi) is 71.2. The summed E-state index contributed by atoms with van der Waals surface area (Å²) in [5, 5.41) is 10.6. The average molecular weight is 1470 g/mol. The lowest BCUT2D eigenvalue weighted by atomic mass is 10.0. The Bertz CT molecular complexity index is 1920. The maximum Gasteiger partial charge on any atom is 0.472 e. The van der Waals surface area contributed by atoms with Crippen LogP contribution in [-0.2, 0) is 65.4 Å². The quantitative estimate of drug-likeness (QED) is 0.0222. The summed E-state index contributed by atoms with van der Waals surface area (Å²) in [6, 6.07) is 0. The molecule has 19 heteroatoms. The number of esters is 4. The number of rotatable bonds is 80. The summed E-state index contributed by atoms with van der Waals surface area (Å²) >= 11 is 0. The van der Waals surface area contributed by atoms with Crippen LogP contribution in [0.1, 0.15) is 427 Å². The summed E-state index contributed by atoms with van der Waals surface area (Å²) in [6.07, 6.45) is 62.4. The summed E-state index contributed by atoms with van der Waals surface area (Å²) in [5.41, 5.74) is 0. The van der Waals surface area contributed by atoms with Gasteiger partial charge in [-0.2, -0.15) is 0 Å². The first-order valence-corrected chi connectivity index (χ1v) is 45.0. The molecule has 5 atom stereocenters. The molecule has 0 saturated heterocycles. The number of ether oxygens (including phenoxy) is 4. The SMILES string of the molecule is CCCCCCCCCCCCCCCCCCC(=O)O[C@H](COC(=O)CCCCCCCCCCC)COP(=O)(O)OC[C@H](O)COP(=O)(O)OC[C@@H](COC(=O)CCCCCCCCCCCCCCCC(C)C)OC(=O)CCCCCCCCCCCCCCCCCCC(C)C. The Morgan fingerprint density at radius 2 is 0.460 bits per heavy atom. The van der Waals surface area contributed by atoms with Gasteiger partial charge < -0.3 is 33.8 Å². The number of hydrogen-bond donors (Lipinski definition) is 3. The number of phosphoric ester groups is 2. The van der Waals surface area contributed by atoms with Crippen molar-refractivity contribution in [2.24, 2.45) is 11.8 Å². The van der Waals surface area contributed by atoms with Crippen molar-refractivity contribution in [2.75, 3.05) is 39.6 Å². The molecule has 0 aromatic rings. The molecule has 0 rings (SSSR count). The molecule has 0 aliphatic heterocycles. The highest BCUT2D eigenvalue weighted by atomic mass is 31.2. The number of carbonyl (C=O) groups is 4. The third kappa shape index (κ3) is 74.3. The van der Waals surface area contributed by atoms with Crippen molar-refractivity contribution in [1.29, 1.82) is 0 Å². The van der Waals surface area contributed by atoms with Gasteiger partial charge in [-0.3, -0.25) is 37.3 Å². The highest BCUT2D eigenvalue weighted by Crippen LogP contribution is 2.45. The molecule has 100 heavy (non-hydrogen) atoms. The van der Waals surface area contributed by atoms with E-state index < -0.39 is 97.5 Å². The van der Waals surface area contributed by atoms with E-state index in [2.05, 4.69) is 41.5 Å².